The Kier molecular flexibility index (Phi) is 42.4. The molecule has 0 aliphatic heterocycles. The Bertz CT molecular complexity index is 5430. The summed E-state index contributed by atoms with van der Waals surface area (Å²) >= 11 is 0. The average molecular weight is 1920 g/mol. The highest BCUT2D eigenvalue weighted by molar-refractivity contribution is 5.97. The van der Waals surface area contributed by atoms with Crippen molar-refractivity contribution in [3.8, 4) is 81.1 Å². The van der Waals surface area contributed by atoms with E-state index in [2.05, 4.69) is 45.5 Å². The lowest BCUT2D eigenvalue weighted by molar-refractivity contribution is -0.167. The fourth-order valence-corrected chi connectivity index (χ4v) is 13.7. The van der Waals surface area contributed by atoms with Gasteiger partial charge < -0.3 is 90.6 Å². The molecule has 8 rings (SSSR count). The van der Waals surface area contributed by atoms with Crippen molar-refractivity contribution in [3.63, 3.8) is 0 Å². The van der Waals surface area contributed by atoms with Gasteiger partial charge in [-0.1, -0.05) is 47.7 Å². The SMILES string of the molecule is CCOC(=O)COc1cc(OCC(=O)OCC)c(C#Cc2cc(CN(CC(=O)OCC)Cc3cc(C#Cc4ccc5c(c4)C(CC(=O)OCC)(CC(=O)OCC)c4cc(NC(=O)C(F)(F)F)ccc4-5)cc(CN(CC(=O)OCC)Cc4cc(C#Cc5c(OCC(=O)OCC)cc(OCC(=O)OCC)cc5OCC(=O)OCC)cc(C(=O)OCC)n4)n3)nc(C(=O)OCC)c2)c(OCC(=O)OCC)c1. The third-order valence-corrected chi connectivity index (χ3v) is 18.9. The zero-order valence-corrected chi connectivity index (χ0v) is 78.1. The van der Waals surface area contributed by atoms with E-state index in [0.29, 0.717) is 16.7 Å². The van der Waals surface area contributed by atoms with Crippen molar-refractivity contribution in [1.29, 1.82) is 0 Å². The molecular formula is C98H105F3N6O31. The fraction of sp³-hybridized carbons (Fsp3) is 0.408. The highest BCUT2D eigenvalue weighted by Crippen LogP contribution is 2.54. The lowest BCUT2D eigenvalue weighted by atomic mass is 9.72. The minimum Gasteiger partial charge on any atom is -0.482 e. The van der Waals surface area contributed by atoms with E-state index in [1.165, 1.54) is 66.7 Å². The molecular weight excluding hydrogens is 1810 g/mol. The van der Waals surface area contributed by atoms with Crippen molar-refractivity contribution in [2.45, 2.75) is 134 Å². The summed E-state index contributed by atoms with van der Waals surface area (Å²) in [5, 5.41) is 1.87. The Morgan fingerprint density at radius 3 is 0.949 bits per heavy atom. The fourth-order valence-electron chi connectivity index (χ4n) is 13.7. The maximum Gasteiger partial charge on any atom is 0.471 e. The number of nitrogens with one attached hydrogen (secondary N) is 1. The van der Waals surface area contributed by atoms with Gasteiger partial charge in [0.05, 0.1) is 128 Å². The summed E-state index contributed by atoms with van der Waals surface area (Å²) in [7, 11) is 0. The number of anilines is 1. The highest BCUT2D eigenvalue weighted by atomic mass is 19.4. The number of hydrogen-bond acceptors (Lipinski definition) is 36. The predicted octanol–water partition coefficient (Wildman–Crippen LogP) is 9.88. The van der Waals surface area contributed by atoms with Crippen molar-refractivity contribution in [3.05, 3.63) is 176 Å². The standard InChI is InChI=1S/C98H105F3N6O31/c1-13-121-84(108)47-97(48-85(109)122-14-2)76-39-61(27-31-72(76)73-34-30-65(42-77(73)97)105-96(120)98(99,100)101)25-26-62-35-66(49-106(53-86(110)123-15-3)51-68-37-63(40-78(103-68)94(118)131-23-11)28-32-74-80(135-57-90(114)127-19-7)43-70(133-55-88(112)125-17-5)44-81(74)136-58-91(115)128-20-8)102-67(36-62)50-107(54-87(111)124-16-4)52-69-38-64(41-79(104-69)95(119)132-24-12)29-33-75-82(137-59-92(116)129-21-9)45-71(134-56-89(113)126-18-6)46-83(75)138-60-93(117)130-22-10/h27,30-31,34-46H,13-24,47-60H2,1-12H3,(H,105,120). The van der Waals surface area contributed by atoms with Gasteiger partial charge in [-0.05, 0) is 166 Å². The number of hydrogen-bond donors (Lipinski definition) is 1. The first-order valence-corrected chi connectivity index (χ1v) is 44.0. The van der Waals surface area contributed by atoms with E-state index in [1.807, 2.05) is 5.32 Å². The van der Waals surface area contributed by atoms with E-state index < -0.39 is 155 Å². The molecule has 37 nitrogen and oxygen atoms in total. The normalized spacial score (nSPS) is 11.3. The van der Waals surface area contributed by atoms with E-state index >= 15 is 0 Å². The van der Waals surface area contributed by atoms with Crippen LogP contribution in [0.5, 0.6) is 34.5 Å². The van der Waals surface area contributed by atoms with Gasteiger partial charge in [0.25, 0.3) is 0 Å². The summed E-state index contributed by atoms with van der Waals surface area (Å²) in [5.41, 5.74) is -0.612. The minimum absolute atomic E-state index is 0.0196. The largest absolute Gasteiger partial charge is 0.482 e. The second kappa shape index (κ2) is 54.2. The van der Waals surface area contributed by atoms with Gasteiger partial charge in [-0.15, -0.1) is 0 Å². The Hall–Kier alpha value is -15.4. The molecule has 0 bridgehead atoms. The zero-order valence-electron chi connectivity index (χ0n) is 78.1. The highest BCUT2D eigenvalue weighted by Gasteiger charge is 2.48. The molecule has 1 aliphatic carbocycles. The first kappa shape index (κ1) is 108. The molecule has 0 unspecified atom stereocenters. The molecule has 3 heterocycles. The molecule has 138 heavy (non-hydrogen) atoms. The minimum atomic E-state index is -5.32. The molecule has 0 atom stereocenters. The Morgan fingerprint density at radius 1 is 0.319 bits per heavy atom. The smallest absolute Gasteiger partial charge is 0.471 e. The number of carbonyl (C=O) groups is 13. The van der Waals surface area contributed by atoms with Gasteiger partial charge >= 0.3 is 83.7 Å². The molecule has 1 N–H and O–H groups in total. The summed E-state index contributed by atoms with van der Waals surface area (Å²) in [6.45, 7) is 11.9. The van der Waals surface area contributed by atoms with E-state index in [-0.39, 0.29) is 219 Å². The molecule has 0 spiro atoms. The van der Waals surface area contributed by atoms with Crippen LogP contribution in [-0.4, -0.2) is 240 Å². The van der Waals surface area contributed by atoms with Crippen molar-refractivity contribution in [1.82, 2.24) is 24.8 Å². The third kappa shape index (κ3) is 33.3. The van der Waals surface area contributed by atoms with Crippen LogP contribution in [0.4, 0.5) is 18.9 Å². The lowest BCUT2D eigenvalue weighted by Gasteiger charge is -2.30. The van der Waals surface area contributed by atoms with Crippen molar-refractivity contribution in [2.24, 2.45) is 0 Å². The van der Waals surface area contributed by atoms with Gasteiger partial charge in [0.15, 0.2) is 39.6 Å². The molecule has 734 valence electrons. The van der Waals surface area contributed by atoms with Gasteiger partial charge in [-0.3, -0.25) is 38.8 Å². The van der Waals surface area contributed by atoms with Gasteiger partial charge in [0, 0.05) is 83.8 Å². The van der Waals surface area contributed by atoms with E-state index in [4.69, 9.17) is 90.2 Å². The molecule has 1 aliphatic rings. The number of rotatable bonds is 49. The van der Waals surface area contributed by atoms with E-state index in [9.17, 15) is 75.5 Å². The number of esters is 12. The molecule has 0 saturated carbocycles. The molecule has 0 fully saturated rings. The number of fused-ring (bicyclic) bond motifs is 3. The number of alkyl halides is 3. The van der Waals surface area contributed by atoms with Crippen LogP contribution in [0.15, 0.2) is 97.1 Å². The second-order valence-corrected chi connectivity index (χ2v) is 29.1. The van der Waals surface area contributed by atoms with Crippen molar-refractivity contribution >= 4 is 83.2 Å². The molecule has 0 saturated heterocycles. The van der Waals surface area contributed by atoms with Crippen LogP contribution in [0.3, 0.4) is 0 Å². The quantitative estimate of drug-likeness (QED) is 0.0210. The number of pyridine rings is 3. The summed E-state index contributed by atoms with van der Waals surface area (Å²) in [5.74, 6) is 5.44. The van der Waals surface area contributed by atoms with Crippen LogP contribution in [0, 0.1) is 35.5 Å². The van der Waals surface area contributed by atoms with Gasteiger partial charge in [0.2, 0.25) is 0 Å². The molecule has 1 amide bonds. The molecule has 40 heteroatoms. The first-order valence-electron chi connectivity index (χ1n) is 44.0. The van der Waals surface area contributed by atoms with Gasteiger partial charge in [0.1, 0.15) is 57.0 Å². The first-order chi connectivity index (χ1) is 66.2. The van der Waals surface area contributed by atoms with Crippen molar-refractivity contribution in [2.75, 3.05) is 137 Å². The summed E-state index contributed by atoms with van der Waals surface area (Å²) in [6, 6.07) is 22.6. The number of ether oxygens (including phenoxy) is 18. The monoisotopic (exact) mass is 1920 g/mol. The number of benzene rings is 4. The Labute approximate surface area is 793 Å². The molecule has 3 aromatic heterocycles. The number of amides is 1. The summed E-state index contributed by atoms with van der Waals surface area (Å²) < 4.78 is 140. The van der Waals surface area contributed by atoms with E-state index in [1.54, 1.807) is 123 Å². The van der Waals surface area contributed by atoms with Crippen LogP contribution < -0.4 is 33.7 Å². The number of carbonyl (C=O) groups excluding carboxylic acids is 13. The Balaban J connectivity index is 1.35. The molecule has 4 aromatic carbocycles. The van der Waals surface area contributed by atoms with Crippen LogP contribution in [-0.2, 0) is 141 Å². The zero-order chi connectivity index (χ0) is 100. The Morgan fingerprint density at radius 2 is 0.609 bits per heavy atom. The van der Waals surface area contributed by atoms with Crippen LogP contribution in [0.1, 0.15) is 184 Å². The predicted molar refractivity (Wildman–Crippen MR) is 480 cm³/mol. The molecule has 0 radical (unpaired) electrons. The summed E-state index contributed by atoms with van der Waals surface area (Å²) in [4.78, 5) is 191. The number of aromatic nitrogens is 3. The van der Waals surface area contributed by atoms with Crippen molar-refractivity contribution < 1.29 is 161 Å². The van der Waals surface area contributed by atoms with Crippen LogP contribution in [0.25, 0.3) is 11.1 Å². The van der Waals surface area contributed by atoms with E-state index in [0.717, 1.165) is 0 Å². The maximum atomic E-state index is 14.1. The van der Waals surface area contributed by atoms with Gasteiger partial charge in [-0.2, -0.15) is 13.2 Å². The van der Waals surface area contributed by atoms with Gasteiger partial charge in [-0.25, -0.2) is 48.3 Å². The van der Waals surface area contributed by atoms with Crippen LogP contribution >= 0.6 is 0 Å². The topological polar surface area (TPSA) is 445 Å². The average Bonchev–Trinajstić information content (AvgIpc) is 1.56. The number of halogens is 3. The lowest BCUT2D eigenvalue weighted by Crippen LogP contribution is -2.34. The number of nitrogens with zero attached hydrogens (tertiary/aromatic N) is 5. The second-order valence-electron chi connectivity index (χ2n) is 29.1. The molecule has 7 aromatic rings. The maximum absolute atomic E-state index is 14.1. The third-order valence-electron chi connectivity index (χ3n) is 18.9. The summed E-state index contributed by atoms with van der Waals surface area (Å²) in [6.07, 6.45) is -6.45. The van der Waals surface area contributed by atoms with Crippen LogP contribution in [0.2, 0.25) is 0 Å².